The van der Waals surface area contributed by atoms with E-state index < -0.39 is 0 Å². The van der Waals surface area contributed by atoms with E-state index in [2.05, 4.69) is 10.3 Å². The van der Waals surface area contributed by atoms with Crippen LogP contribution in [0.5, 0.6) is 0 Å². The molecule has 0 aromatic carbocycles. The number of nitrogens with one attached hydrogen (secondary N) is 1. The third-order valence-corrected chi connectivity index (χ3v) is 2.62. The number of aromatic nitrogens is 1. The highest BCUT2D eigenvalue weighted by Crippen LogP contribution is 2.10. The minimum absolute atomic E-state index is 0.0113. The molecule has 1 atom stereocenters. The normalized spacial score (nSPS) is 12.1. The molecule has 0 aliphatic rings. The summed E-state index contributed by atoms with van der Waals surface area (Å²) in [6, 6.07) is 3.83. The van der Waals surface area contributed by atoms with Gasteiger partial charge in [-0.1, -0.05) is 6.07 Å². The van der Waals surface area contributed by atoms with Gasteiger partial charge in [0.2, 0.25) is 5.91 Å². The van der Waals surface area contributed by atoms with Gasteiger partial charge in [0.1, 0.15) is 0 Å². The number of hydrogen-bond donors (Lipinski definition) is 1. The number of amides is 1. The number of pyridine rings is 1. The maximum atomic E-state index is 11.5. The molecule has 1 aromatic heterocycles. The molecule has 0 fully saturated rings. The van der Waals surface area contributed by atoms with Gasteiger partial charge in [0, 0.05) is 24.7 Å². The second-order valence-corrected chi connectivity index (χ2v) is 4.10. The van der Waals surface area contributed by atoms with Gasteiger partial charge in [-0.05, 0) is 31.4 Å². The third kappa shape index (κ3) is 4.62. The van der Waals surface area contributed by atoms with Crippen LogP contribution >= 0.6 is 11.6 Å². The minimum atomic E-state index is 0.0113. The van der Waals surface area contributed by atoms with Crippen LogP contribution < -0.4 is 5.32 Å². The molecule has 3 nitrogen and oxygen atoms in total. The lowest BCUT2D eigenvalue weighted by atomic mass is 10.1. The first-order valence-electron chi connectivity index (χ1n) is 5.49. The lowest BCUT2D eigenvalue weighted by Gasteiger charge is -2.13. The molecular weight excluding hydrogens is 224 g/mol. The summed E-state index contributed by atoms with van der Waals surface area (Å²) in [6.45, 7) is 1.95. The van der Waals surface area contributed by atoms with Crippen LogP contribution in [0.25, 0.3) is 0 Å². The number of alkyl halides is 1. The zero-order chi connectivity index (χ0) is 11.8. The van der Waals surface area contributed by atoms with Gasteiger partial charge >= 0.3 is 0 Å². The summed E-state index contributed by atoms with van der Waals surface area (Å²) in [5.74, 6) is 0.687. The van der Waals surface area contributed by atoms with Crippen molar-refractivity contribution in [2.24, 2.45) is 0 Å². The van der Waals surface area contributed by atoms with E-state index in [9.17, 15) is 4.79 Å². The summed E-state index contributed by atoms with van der Waals surface area (Å²) in [5, 5.41) is 2.93. The molecular formula is C12H17ClN2O. The molecule has 88 valence electrons. The number of halogens is 1. The topological polar surface area (TPSA) is 42.0 Å². The van der Waals surface area contributed by atoms with Crippen molar-refractivity contribution < 1.29 is 4.79 Å². The van der Waals surface area contributed by atoms with E-state index >= 15 is 0 Å². The van der Waals surface area contributed by atoms with Crippen molar-refractivity contribution in [1.29, 1.82) is 0 Å². The first-order valence-corrected chi connectivity index (χ1v) is 6.02. The van der Waals surface area contributed by atoms with E-state index in [1.165, 1.54) is 0 Å². The van der Waals surface area contributed by atoms with Gasteiger partial charge in [-0.25, -0.2) is 0 Å². The predicted octanol–water partition coefficient (Wildman–Crippen LogP) is 2.67. The highest BCUT2D eigenvalue weighted by molar-refractivity contribution is 6.17. The monoisotopic (exact) mass is 240 g/mol. The fourth-order valence-corrected chi connectivity index (χ4v) is 1.60. The van der Waals surface area contributed by atoms with Gasteiger partial charge < -0.3 is 5.32 Å². The van der Waals surface area contributed by atoms with Gasteiger partial charge in [-0.15, -0.1) is 11.6 Å². The summed E-state index contributed by atoms with van der Waals surface area (Å²) in [7, 11) is 0. The largest absolute Gasteiger partial charge is 0.350 e. The van der Waals surface area contributed by atoms with Gasteiger partial charge in [0.15, 0.2) is 0 Å². The summed E-state index contributed by atoms with van der Waals surface area (Å²) in [4.78, 5) is 15.5. The summed E-state index contributed by atoms with van der Waals surface area (Å²) < 4.78 is 0. The van der Waals surface area contributed by atoms with Crippen molar-refractivity contribution in [3.05, 3.63) is 30.1 Å². The Morgan fingerprint density at radius 3 is 3.00 bits per heavy atom. The average Bonchev–Trinajstić information content (AvgIpc) is 2.30. The quantitative estimate of drug-likeness (QED) is 0.614. The molecule has 0 saturated carbocycles. The van der Waals surface area contributed by atoms with Crippen molar-refractivity contribution >= 4 is 17.5 Å². The first kappa shape index (κ1) is 13.0. The minimum Gasteiger partial charge on any atom is -0.350 e. The van der Waals surface area contributed by atoms with E-state index in [4.69, 9.17) is 11.6 Å². The zero-order valence-electron chi connectivity index (χ0n) is 9.45. The second kappa shape index (κ2) is 7.23. The molecule has 0 saturated heterocycles. The van der Waals surface area contributed by atoms with Gasteiger partial charge in [0.25, 0.3) is 0 Å². The van der Waals surface area contributed by atoms with E-state index in [1.807, 2.05) is 19.1 Å². The van der Waals surface area contributed by atoms with Gasteiger partial charge in [-0.3, -0.25) is 9.78 Å². The Bertz CT molecular complexity index is 316. The van der Waals surface area contributed by atoms with E-state index in [0.717, 1.165) is 18.4 Å². The molecule has 1 N–H and O–H groups in total. The lowest BCUT2D eigenvalue weighted by molar-refractivity contribution is -0.121. The molecule has 1 unspecified atom stereocenters. The summed E-state index contributed by atoms with van der Waals surface area (Å²) in [6.07, 6.45) is 5.75. The first-order chi connectivity index (χ1) is 7.74. The van der Waals surface area contributed by atoms with E-state index in [1.54, 1.807) is 12.4 Å². The standard InChI is InChI=1S/C12H17ClN2O/c1-10(11-5-4-8-14-9-11)15-12(16)6-2-3-7-13/h4-5,8-10H,2-3,6-7H2,1H3,(H,15,16). The second-order valence-electron chi connectivity index (χ2n) is 3.72. The van der Waals surface area contributed by atoms with Crippen LogP contribution in [0.1, 0.15) is 37.8 Å². The molecule has 1 aromatic rings. The molecule has 1 rings (SSSR count). The number of carbonyl (C=O) groups is 1. The Balaban J connectivity index is 2.34. The fourth-order valence-electron chi connectivity index (χ4n) is 1.41. The Morgan fingerprint density at radius 1 is 1.56 bits per heavy atom. The number of carbonyl (C=O) groups excluding carboxylic acids is 1. The maximum Gasteiger partial charge on any atom is 0.220 e. The maximum absolute atomic E-state index is 11.5. The van der Waals surface area contributed by atoms with Crippen molar-refractivity contribution in [1.82, 2.24) is 10.3 Å². The Morgan fingerprint density at radius 2 is 2.38 bits per heavy atom. The third-order valence-electron chi connectivity index (χ3n) is 2.35. The Labute approximate surface area is 101 Å². The van der Waals surface area contributed by atoms with Crippen LogP contribution in [0, 0.1) is 0 Å². The van der Waals surface area contributed by atoms with Crippen molar-refractivity contribution in [3.8, 4) is 0 Å². The number of rotatable bonds is 6. The Hall–Kier alpha value is -1.09. The smallest absolute Gasteiger partial charge is 0.220 e. The number of hydrogen-bond acceptors (Lipinski definition) is 2. The van der Waals surface area contributed by atoms with Crippen LogP contribution in [0.15, 0.2) is 24.5 Å². The molecule has 4 heteroatoms. The average molecular weight is 241 g/mol. The number of nitrogens with zero attached hydrogens (tertiary/aromatic N) is 1. The van der Waals surface area contributed by atoms with E-state index in [-0.39, 0.29) is 11.9 Å². The molecule has 0 aliphatic carbocycles. The zero-order valence-corrected chi connectivity index (χ0v) is 10.2. The highest BCUT2D eigenvalue weighted by Gasteiger charge is 2.08. The van der Waals surface area contributed by atoms with Crippen molar-refractivity contribution in [3.63, 3.8) is 0 Å². The molecule has 0 bridgehead atoms. The SMILES string of the molecule is CC(NC(=O)CCCCCl)c1cccnc1. The van der Waals surface area contributed by atoms with Crippen molar-refractivity contribution in [2.75, 3.05) is 5.88 Å². The van der Waals surface area contributed by atoms with Crippen LogP contribution in [0.4, 0.5) is 0 Å². The van der Waals surface area contributed by atoms with Crippen LogP contribution in [-0.2, 0) is 4.79 Å². The molecule has 1 amide bonds. The van der Waals surface area contributed by atoms with E-state index in [0.29, 0.717) is 12.3 Å². The highest BCUT2D eigenvalue weighted by atomic mass is 35.5. The lowest BCUT2D eigenvalue weighted by Crippen LogP contribution is -2.26. The van der Waals surface area contributed by atoms with Crippen LogP contribution in [-0.4, -0.2) is 16.8 Å². The Kier molecular flexibility index (Phi) is 5.86. The molecule has 0 radical (unpaired) electrons. The molecule has 16 heavy (non-hydrogen) atoms. The van der Waals surface area contributed by atoms with Crippen LogP contribution in [0.2, 0.25) is 0 Å². The van der Waals surface area contributed by atoms with Crippen molar-refractivity contribution in [2.45, 2.75) is 32.2 Å². The summed E-state index contributed by atoms with van der Waals surface area (Å²) >= 11 is 5.55. The molecule has 0 aliphatic heterocycles. The molecule has 0 spiro atoms. The number of unbranched alkanes of at least 4 members (excludes halogenated alkanes) is 1. The van der Waals surface area contributed by atoms with Gasteiger partial charge in [-0.2, -0.15) is 0 Å². The molecule has 1 heterocycles. The predicted molar refractivity (Wildman–Crippen MR) is 65.4 cm³/mol. The van der Waals surface area contributed by atoms with Gasteiger partial charge in [0.05, 0.1) is 6.04 Å². The fraction of sp³-hybridized carbons (Fsp3) is 0.500. The summed E-state index contributed by atoms with van der Waals surface area (Å²) in [5.41, 5.74) is 1.02. The van der Waals surface area contributed by atoms with Crippen LogP contribution in [0.3, 0.4) is 0 Å².